The van der Waals surface area contributed by atoms with E-state index in [1.54, 1.807) is 43.5 Å². The van der Waals surface area contributed by atoms with Crippen molar-refractivity contribution in [2.75, 3.05) is 7.11 Å². The standard InChI is InChI=1S/C24H21N3O3/c1-27-15-20(14-26-27)21(28)10-8-17-9-11-22(29-2)19(13-17)16-30-23-7-3-5-18-6-4-12-25-24(18)23/h3-15H,16H2,1-2H3/b10-8+. The molecule has 0 atom stereocenters. The van der Waals surface area contributed by atoms with E-state index >= 15 is 0 Å². The van der Waals surface area contributed by atoms with Gasteiger partial charge < -0.3 is 9.47 Å². The molecule has 150 valence electrons. The third kappa shape index (κ3) is 4.22. The Morgan fingerprint density at radius 2 is 2.00 bits per heavy atom. The minimum Gasteiger partial charge on any atom is -0.496 e. The van der Waals surface area contributed by atoms with E-state index in [1.807, 2.05) is 48.5 Å². The van der Waals surface area contributed by atoms with Crippen LogP contribution in [0.1, 0.15) is 21.5 Å². The van der Waals surface area contributed by atoms with E-state index in [4.69, 9.17) is 9.47 Å². The second-order valence-corrected chi connectivity index (χ2v) is 6.79. The zero-order valence-corrected chi connectivity index (χ0v) is 16.8. The number of hydrogen-bond donors (Lipinski definition) is 0. The first-order valence-corrected chi connectivity index (χ1v) is 9.48. The van der Waals surface area contributed by atoms with Crippen LogP contribution in [-0.4, -0.2) is 27.7 Å². The summed E-state index contributed by atoms with van der Waals surface area (Å²) < 4.78 is 13.1. The van der Waals surface area contributed by atoms with Gasteiger partial charge >= 0.3 is 0 Å². The average molecular weight is 399 g/mol. The van der Waals surface area contributed by atoms with E-state index in [0.717, 1.165) is 27.8 Å². The number of aromatic nitrogens is 3. The first-order valence-electron chi connectivity index (χ1n) is 9.48. The van der Waals surface area contributed by atoms with Crippen LogP contribution in [0.15, 0.2) is 73.2 Å². The van der Waals surface area contributed by atoms with Gasteiger partial charge in [0.1, 0.15) is 23.6 Å². The van der Waals surface area contributed by atoms with Gasteiger partial charge in [-0.15, -0.1) is 0 Å². The van der Waals surface area contributed by atoms with Gasteiger partial charge in [0.25, 0.3) is 0 Å². The molecule has 0 radical (unpaired) electrons. The van der Waals surface area contributed by atoms with E-state index in [9.17, 15) is 4.79 Å². The Bertz CT molecular complexity index is 1220. The van der Waals surface area contributed by atoms with Crippen LogP contribution in [0.25, 0.3) is 17.0 Å². The normalized spacial score (nSPS) is 11.1. The Hall–Kier alpha value is -3.93. The number of pyridine rings is 1. The number of methoxy groups -OCH3 is 1. The highest BCUT2D eigenvalue weighted by Gasteiger charge is 2.09. The van der Waals surface area contributed by atoms with Crippen molar-refractivity contribution >= 4 is 22.8 Å². The van der Waals surface area contributed by atoms with Gasteiger partial charge in [-0.1, -0.05) is 30.3 Å². The van der Waals surface area contributed by atoms with Crippen LogP contribution in [0.5, 0.6) is 11.5 Å². The Morgan fingerprint density at radius 1 is 1.13 bits per heavy atom. The molecule has 0 N–H and O–H groups in total. The van der Waals surface area contributed by atoms with Crippen molar-refractivity contribution in [3.63, 3.8) is 0 Å². The van der Waals surface area contributed by atoms with Crippen LogP contribution >= 0.6 is 0 Å². The van der Waals surface area contributed by atoms with Crippen molar-refractivity contribution in [1.29, 1.82) is 0 Å². The molecule has 0 fully saturated rings. The predicted molar refractivity (Wildman–Crippen MR) is 116 cm³/mol. The zero-order chi connectivity index (χ0) is 20.9. The van der Waals surface area contributed by atoms with E-state index in [-0.39, 0.29) is 5.78 Å². The van der Waals surface area contributed by atoms with Gasteiger partial charge in [0.15, 0.2) is 5.78 Å². The fraction of sp³-hybridized carbons (Fsp3) is 0.125. The number of carbonyl (C=O) groups is 1. The maximum Gasteiger partial charge on any atom is 0.189 e. The fourth-order valence-corrected chi connectivity index (χ4v) is 3.18. The van der Waals surface area contributed by atoms with Crippen LogP contribution in [0, 0.1) is 0 Å². The van der Waals surface area contributed by atoms with Crippen LogP contribution in [-0.2, 0) is 13.7 Å². The van der Waals surface area contributed by atoms with Gasteiger partial charge in [0.05, 0.1) is 18.9 Å². The Labute approximate surface area is 174 Å². The van der Waals surface area contributed by atoms with Gasteiger partial charge in [-0.2, -0.15) is 5.10 Å². The maximum atomic E-state index is 12.3. The number of nitrogens with zero attached hydrogens (tertiary/aromatic N) is 3. The van der Waals surface area contributed by atoms with Crippen molar-refractivity contribution in [3.8, 4) is 11.5 Å². The SMILES string of the molecule is COc1ccc(/C=C/C(=O)c2cnn(C)c2)cc1COc1cccc2cccnc12. The summed E-state index contributed by atoms with van der Waals surface area (Å²) in [4.78, 5) is 16.7. The lowest BCUT2D eigenvalue weighted by atomic mass is 10.1. The molecule has 2 aromatic carbocycles. The summed E-state index contributed by atoms with van der Waals surface area (Å²) in [6, 6.07) is 15.5. The molecule has 30 heavy (non-hydrogen) atoms. The van der Waals surface area contributed by atoms with Crippen molar-refractivity contribution in [2.24, 2.45) is 7.05 Å². The maximum absolute atomic E-state index is 12.3. The van der Waals surface area contributed by atoms with E-state index in [2.05, 4.69) is 10.1 Å². The topological polar surface area (TPSA) is 66.2 Å². The van der Waals surface area contributed by atoms with Crippen molar-refractivity contribution in [2.45, 2.75) is 6.61 Å². The monoisotopic (exact) mass is 399 g/mol. The number of carbonyl (C=O) groups excluding carboxylic acids is 1. The van der Waals surface area contributed by atoms with E-state index in [1.165, 1.54) is 6.08 Å². The smallest absolute Gasteiger partial charge is 0.189 e. The van der Waals surface area contributed by atoms with Gasteiger partial charge in [0.2, 0.25) is 0 Å². The number of allylic oxidation sites excluding steroid dienone is 1. The molecular weight excluding hydrogens is 378 g/mol. The summed E-state index contributed by atoms with van der Waals surface area (Å²) in [6.07, 6.45) is 8.31. The quantitative estimate of drug-likeness (QED) is 0.339. The highest BCUT2D eigenvalue weighted by atomic mass is 16.5. The lowest BCUT2D eigenvalue weighted by Crippen LogP contribution is -2.00. The van der Waals surface area contributed by atoms with Crippen LogP contribution < -0.4 is 9.47 Å². The molecule has 0 bridgehead atoms. The molecule has 2 aromatic heterocycles. The van der Waals surface area contributed by atoms with Gasteiger partial charge in [-0.25, -0.2) is 0 Å². The highest BCUT2D eigenvalue weighted by molar-refractivity contribution is 6.06. The number of ether oxygens (including phenoxy) is 2. The lowest BCUT2D eigenvalue weighted by Gasteiger charge is -2.12. The van der Waals surface area contributed by atoms with E-state index < -0.39 is 0 Å². The summed E-state index contributed by atoms with van der Waals surface area (Å²) in [6.45, 7) is 0.317. The summed E-state index contributed by atoms with van der Waals surface area (Å²) in [5.74, 6) is 1.33. The Kier molecular flexibility index (Phi) is 5.57. The van der Waals surface area contributed by atoms with Crippen LogP contribution in [0.2, 0.25) is 0 Å². The van der Waals surface area contributed by atoms with E-state index in [0.29, 0.717) is 17.9 Å². The molecule has 6 heteroatoms. The second-order valence-electron chi connectivity index (χ2n) is 6.79. The molecule has 0 amide bonds. The highest BCUT2D eigenvalue weighted by Crippen LogP contribution is 2.27. The van der Waals surface area contributed by atoms with Crippen LogP contribution in [0.4, 0.5) is 0 Å². The molecule has 0 aliphatic heterocycles. The molecule has 4 aromatic rings. The number of benzene rings is 2. The number of aryl methyl sites for hydroxylation is 1. The predicted octanol–water partition coefficient (Wildman–Crippen LogP) is 4.45. The summed E-state index contributed by atoms with van der Waals surface area (Å²) in [7, 11) is 3.40. The van der Waals surface area contributed by atoms with Gasteiger partial charge in [0, 0.05) is 30.4 Å². The van der Waals surface area contributed by atoms with Gasteiger partial charge in [-0.05, 0) is 35.9 Å². The van der Waals surface area contributed by atoms with Crippen molar-refractivity contribution in [1.82, 2.24) is 14.8 Å². The molecule has 0 aliphatic rings. The molecule has 0 unspecified atom stereocenters. The molecule has 0 saturated carbocycles. The van der Waals surface area contributed by atoms with Crippen molar-refractivity contribution < 1.29 is 14.3 Å². The largest absolute Gasteiger partial charge is 0.496 e. The second kappa shape index (κ2) is 8.61. The number of rotatable bonds is 7. The number of fused-ring (bicyclic) bond motifs is 1. The van der Waals surface area contributed by atoms with Crippen LogP contribution in [0.3, 0.4) is 0 Å². The fourth-order valence-electron chi connectivity index (χ4n) is 3.18. The molecule has 4 rings (SSSR count). The summed E-state index contributed by atoms with van der Waals surface area (Å²) in [5, 5.41) is 5.05. The number of para-hydroxylation sites is 1. The first kappa shape index (κ1) is 19.4. The molecule has 2 heterocycles. The number of ketones is 1. The molecule has 0 saturated heterocycles. The molecule has 0 spiro atoms. The Morgan fingerprint density at radius 3 is 2.80 bits per heavy atom. The molecule has 0 aliphatic carbocycles. The minimum absolute atomic E-state index is 0.0986. The Balaban J connectivity index is 1.54. The lowest BCUT2D eigenvalue weighted by molar-refractivity contribution is 0.104. The molecule has 6 nitrogen and oxygen atoms in total. The third-order valence-corrected chi connectivity index (χ3v) is 4.70. The van der Waals surface area contributed by atoms with Gasteiger partial charge in [-0.3, -0.25) is 14.5 Å². The first-order chi connectivity index (χ1) is 14.6. The number of hydrogen-bond acceptors (Lipinski definition) is 5. The third-order valence-electron chi connectivity index (χ3n) is 4.70. The average Bonchev–Trinajstić information content (AvgIpc) is 3.22. The summed E-state index contributed by atoms with van der Waals surface area (Å²) >= 11 is 0. The van der Waals surface area contributed by atoms with Crippen molar-refractivity contribution in [3.05, 3.63) is 89.9 Å². The summed E-state index contributed by atoms with van der Waals surface area (Å²) in [5.41, 5.74) is 3.12. The molecular formula is C24H21N3O3. The zero-order valence-electron chi connectivity index (χ0n) is 16.8. The minimum atomic E-state index is -0.0986.